The van der Waals surface area contributed by atoms with E-state index in [2.05, 4.69) is 20.9 Å². The van der Waals surface area contributed by atoms with E-state index in [0.717, 1.165) is 0 Å². The molecule has 6 heteroatoms. The standard InChI is InChI=1S/C8H8BrF2NO2/c1-14-6-2-4(9)5(3-13)12-7(6)8(10)11/h2,8,13H,3H2,1H3. The molecule has 0 aliphatic rings. The van der Waals surface area contributed by atoms with E-state index in [4.69, 9.17) is 9.84 Å². The molecule has 1 N–H and O–H groups in total. The summed E-state index contributed by atoms with van der Waals surface area (Å²) in [5.41, 5.74) is -0.291. The van der Waals surface area contributed by atoms with Crippen LogP contribution in [0.15, 0.2) is 10.5 Å². The molecule has 1 aromatic rings. The molecule has 1 heterocycles. The summed E-state index contributed by atoms with van der Waals surface area (Å²) < 4.78 is 30.0. The number of methoxy groups -OCH3 is 1. The number of aliphatic hydroxyl groups excluding tert-OH is 1. The summed E-state index contributed by atoms with van der Waals surface area (Å²) in [6, 6.07) is 1.36. The largest absolute Gasteiger partial charge is 0.495 e. The molecule has 1 rings (SSSR count). The van der Waals surface area contributed by atoms with Gasteiger partial charge < -0.3 is 9.84 Å². The van der Waals surface area contributed by atoms with E-state index in [1.165, 1.54) is 13.2 Å². The van der Waals surface area contributed by atoms with Gasteiger partial charge in [0.1, 0.15) is 11.4 Å². The molecule has 1 aromatic heterocycles. The molecule has 14 heavy (non-hydrogen) atoms. The van der Waals surface area contributed by atoms with Crippen LogP contribution in [0.4, 0.5) is 8.78 Å². The topological polar surface area (TPSA) is 42.4 Å². The molecule has 0 radical (unpaired) electrons. The minimum absolute atomic E-state index is 0.00377. The predicted octanol–water partition coefficient (Wildman–Crippen LogP) is 2.28. The fourth-order valence-corrected chi connectivity index (χ4v) is 1.38. The van der Waals surface area contributed by atoms with Crippen molar-refractivity contribution < 1.29 is 18.6 Å². The zero-order valence-corrected chi connectivity index (χ0v) is 8.88. The molecular weight excluding hydrogens is 260 g/mol. The van der Waals surface area contributed by atoms with Gasteiger partial charge in [0, 0.05) is 4.47 Å². The van der Waals surface area contributed by atoms with Gasteiger partial charge in [-0.2, -0.15) is 0 Å². The number of pyridine rings is 1. The van der Waals surface area contributed by atoms with Gasteiger partial charge in [-0.1, -0.05) is 0 Å². The van der Waals surface area contributed by atoms with Crippen molar-refractivity contribution in [3.8, 4) is 5.75 Å². The molecule has 0 bridgehead atoms. The van der Waals surface area contributed by atoms with E-state index in [0.29, 0.717) is 4.47 Å². The third kappa shape index (κ3) is 2.19. The molecule has 0 aliphatic carbocycles. The van der Waals surface area contributed by atoms with Gasteiger partial charge in [-0.05, 0) is 22.0 Å². The first kappa shape index (κ1) is 11.3. The molecule has 0 aromatic carbocycles. The van der Waals surface area contributed by atoms with Crippen LogP contribution in [0.5, 0.6) is 5.75 Å². The third-order valence-corrected chi connectivity index (χ3v) is 2.30. The minimum Gasteiger partial charge on any atom is -0.495 e. The Balaban J connectivity index is 3.25. The average Bonchev–Trinajstić information content (AvgIpc) is 2.16. The summed E-state index contributed by atoms with van der Waals surface area (Å²) in [6.07, 6.45) is -2.72. The van der Waals surface area contributed by atoms with Gasteiger partial charge in [0.15, 0.2) is 0 Å². The van der Waals surface area contributed by atoms with Crippen LogP contribution in [-0.2, 0) is 6.61 Å². The fourth-order valence-electron chi connectivity index (χ4n) is 0.957. The highest BCUT2D eigenvalue weighted by atomic mass is 79.9. The number of rotatable bonds is 3. The number of alkyl halides is 2. The lowest BCUT2D eigenvalue weighted by Gasteiger charge is -2.09. The molecule has 0 saturated heterocycles. The Labute approximate surface area is 87.9 Å². The first-order valence-corrected chi connectivity index (χ1v) is 4.51. The zero-order chi connectivity index (χ0) is 10.7. The smallest absolute Gasteiger partial charge is 0.284 e. The summed E-state index contributed by atoms with van der Waals surface area (Å²) in [5, 5.41) is 8.81. The molecule has 0 unspecified atom stereocenters. The summed E-state index contributed by atoms with van der Waals surface area (Å²) in [4.78, 5) is 3.59. The van der Waals surface area contributed by atoms with Gasteiger partial charge in [0.2, 0.25) is 0 Å². The van der Waals surface area contributed by atoms with Gasteiger partial charge in [-0.25, -0.2) is 13.8 Å². The second-order valence-corrected chi connectivity index (χ2v) is 3.32. The predicted molar refractivity (Wildman–Crippen MR) is 49.4 cm³/mol. The number of nitrogens with zero attached hydrogens (tertiary/aromatic N) is 1. The maximum atomic E-state index is 12.4. The second kappa shape index (κ2) is 4.65. The average molecular weight is 268 g/mol. The Morgan fingerprint density at radius 3 is 2.71 bits per heavy atom. The maximum absolute atomic E-state index is 12.4. The van der Waals surface area contributed by atoms with Crippen LogP contribution in [0.25, 0.3) is 0 Å². The van der Waals surface area contributed by atoms with Gasteiger partial charge >= 0.3 is 0 Å². The van der Waals surface area contributed by atoms with E-state index >= 15 is 0 Å². The van der Waals surface area contributed by atoms with Crippen LogP contribution in [0, 0.1) is 0 Å². The Bertz CT molecular complexity index is 333. The Morgan fingerprint density at radius 1 is 1.64 bits per heavy atom. The normalized spacial score (nSPS) is 10.7. The Hall–Kier alpha value is -0.750. The summed E-state index contributed by atoms with van der Waals surface area (Å²) >= 11 is 3.08. The van der Waals surface area contributed by atoms with E-state index in [-0.39, 0.29) is 11.4 Å². The number of ether oxygens (including phenoxy) is 1. The van der Waals surface area contributed by atoms with E-state index < -0.39 is 18.7 Å². The van der Waals surface area contributed by atoms with Crippen LogP contribution < -0.4 is 4.74 Å². The highest BCUT2D eigenvalue weighted by molar-refractivity contribution is 9.10. The van der Waals surface area contributed by atoms with Crippen molar-refractivity contribution in [2.24, 2.45) is 0 Å². The van der Waals surface area contributed by atoms with Crippen LogP contribution in [0.1, 0.15) is 17.8 Å². The third-order valence-electron chi connectivity index (χ3n) is 1.62. The van der Waals surface area contributed by atoms with Crippen molar-refractivity contribution in [3.63, 3.8) is 0 Å². The first-order chi connectivity index (χ1) is 6.60. The van der Waals surface area contributed by atoms with Crippen molar-refractivity contribution in [1.82, 2.24) is 4.98 Å². The molecule has 0 spiro atoms. The number of aliphatic hydroxyl groups is 1. The van der Waals surface area contributed by atoms with Crippen molar-refractivity contribution >= 4 is 15.9 Å². The molecular formula is C8H8BrF2NO2. The lowest BCUT2D eigenvalue weighted by molar-refractivity contribution is 0.140. The SMILES string of the molecule is COc1cc(Br)c(CO)nc1C(F)F. The van der Waals surface area contributed by atoms with E-state index in [1.54, 1.807) is 0 Å². The molecule has 0 fully saturated rings. The van der Waals surface area contributed by atoms with Gasteiger partial charge in [0.25, 0.3) is 6.43 Å². The summed E-state index contributed by atoms with van der Waals surface area (Å²) in [7, 11) is 1.29. The van der Waals surface area contributed by atoms with Crippen LogP contribution in [0.2, 0.25) is 0 Å². The monoisotopic (exact) mass is 267 g/mol. The first-order valence-electron chi connectivity index (χ1n) is 3.72. The summed E-state index contributed by atoms with van der Waals surface area (Å²) in [6.45, 7) is -0.399. The second-order valence-electron chi connectivity index (χ2n) is 2.46. The van der Waals surface area contributed by atoms with Crippen LogP contribution in [0.3, 0.4) is 0 Å². The van der Waals surface area contributed by atoms with Gasteiger partial charge in [-0.15, -0.1) is 0 Å². The Kier molecular flexibility index (Phi) is 3.77. The highest BCUT2D eigenvalue weighted by Gasteiger charge is 2.18. The number of hydrogen-bond acceptors (Lipinski definition) is 3. The van der Waals surface area contributed by atoms with Crippen LogP contribution >= 0.6 is 15.9 Å². The number of halogens is 3. The van der Waals surface area contributed by atoms with Crippen molar-refractivity contribution in [3.05, 3.63) is 21.9 Å². The van der Waals surface area contributed by atoms with Gasteiger partial charge in [0.05, 0.1) is 19.4 Å². The quantitative estimate of drug-likeness (QED) is 0.914. The molecule has 3 nitrogen and oxygen atoms in total. The van der Waals surface area contributed by atoms with Crippen molar-refractivity contribution in [2.75, 3.05) is 7.11 Å². The molecule has 78 valence electrons. The van der Waals surface area contributed by atoms with Crippen molar-refractivity contribution in [2.45, 2.75) is 13.0 Å². The molecule has 0 saturated carbocycles. The zero-order valence-electron chi connectivity index (χ0n) is 7.30. The van der Waals surface area contributed by atoms with Crippen molar-refractivity contribution in [1.29, 1.82) is 0 Å². The van der Waals surface area contributed by atoms with Crippen LogP contribution in [-0.4, -0.2) is 17.2 Å². The molecule has 0 aliphatic heterocycles. The van der Waals surface area contributed by atoms with Gasteiger partial charge in [-0.3, -0.25) is 0 Å². The molecule has 0 atom stereocenters. The Morgan fingerprint density at radius 2 is 2.29 bits per heavy atom. The fraction of sp³-hybridized carbons (Fsp3) is 0.375. The highest BCUT2D eigenvalue weighted by Crippen LogP contribution is 2.31. The van der Waals surface area contributed by atoms with E-state index in [1.807, 2.05) is 0 Å². The van der Waals surface area contributed by atoms with E-state index in [9.17, 15) is 8.78 Å². The number of hydrogen-bond donors (Lipinski definition) is 1. The maximum Gasteiger partial charge on any atom is 0.284 e. The molecule has 0 amide bonds. The lowest BCUT2D eigenvalue weighted by Crippen LogP contribution is -2.01. The number of aromatic nitrogens is 1. The lowest BCUT2D eigenvalue weighted by atomic mass is 10.3. The minimum atomic E-state index is -2.72. The summed E-state index contributed by atoms with van der Waals surface area (Å²) in [5.74, 6) is 0.00377.